The summed E-state index contributed by atoms with van der Waals surface area (Å²) in [5.74, 6) is -1.06. The number of hydrogen-bond acceptors (Lipinski definition) is 6. The number of sulfone groups is 1. The number of carboxylic acid groups (broad SMARTS) is 1. The van der Waals surface area contributed by atoms with Gasteiger partial charge in [0.1, 0.15) is 39.0 Å². The lowest BCUT2D eigenvalue weighted by Crippen LogP contribution is -2.08. The molecule has 1 saturated carbocycles. The summed E-state index contributed by atoms with van der Waals surface area (Å²) in [6.45, 7) is 0.0587. The highest BCUT2D eigenvalue weighted by atomic mass is 32.2. The van der Waals surface area contributed by atoms with Gasteiger partial charge in [0.2, 0.25) is 0 Å². The summed E-state index contributed by atoms with van der Waals surface area (Å²) >= 11 is 0. The zero-order chi connectivity index (χ0) is 27.7. The van der Waals surface area contributed by atoms with E-state index in [9.17, 15) is 22.0 Å². The molecule has 5 rings (SSSR count). The molecule has 0 saturated heterocycles. The number of hydrogen-bond donors (Lipinski definition) is 1. The Morgan fingerprint density at radius 3 is 2.38 bits per heavy atom. The van der Waals surface area contributed by atoms with E-state index < -0.39 is 33.5 Å². The van der Waals surface area contributed by atoms with Crippen LogP contribution < -0.4 is 14.2 Å². The van der Waals surface area contributed by atoms with Crippen molar-refractivity contribution in [3.8, 4) is 23.0 Å². The van der Waals surface area contributed by atoms with Crippen LogP contribution in [0.1, 0.15) is 48.0 Å². The molecule has 10 heteroatoms. The lowest BCUT2D eigenvalue weighted by atomic mass is 10.1. The van der Waals surface area contributed by atoms with Crippen molar-refractivity contribution in [3.05, 3.63) is 82.9 Å². The van der Waals surface area contributed by atoms with Gasteiger partial charge in [-0.05, 0) is 73.6 Å². The van der Waals surface area contributed by atoms with Crippen molar-refractivity contribution in [1.82, 2.24) is 0 Å². The van der Waals surface area contributed by atoms with Gasteiger partial charge < -0.3 is 19.3 Å². The van der Waals surface area contributed by atoms with Crippen LogP contribution in [0.4, 0.5) is 8.78 Å². The van der Waals surface area contributed by atoms with Crippen molar-refractivity contribution in [2.75, 3.05) is 18.6 Å². The zero-order valence-corrected chi connectivity index (χ0v) is 22.0. The second kappa shape index (κ2) is 10.8. The lowest BCUT2D eigenvalue weighted by molar-refractivity contribution is -0.138. The smallest absolute Gasteiger partial charge is 0.307 e. The summed E-state index contributed by atoms with van der Waals surface area (Å²) in [4.78, 5) is 11.1. The van der Waals surface area contributed by atoms with Crippen LogP contribution in [0, 0.1) is 17.6 Å². The summed E-state index contributed by atoms with van der Waals surface area (Å²) in [5, 5.41) is 9.14. The number of halogens is 2. The normalized spacial score (nSPS) is 19.8. The average molecular weight is 559 g/mol. The van der Waals surface area contributed by atoms with Gasteiger partial charge in [0, 0.05) is 23.4 Å². The Bertz CT molecular complexity index is 1490. The Morgan fingerprint density at radius 1 is 1.00 bits per heavy atom. The van der Waals surface area contributed by atoms with Gasteiger partial charge in [-0.25, -0.2) is 17.2 Å². The number of carboxylic acids is 1. The van der Waals surface area contributed by atoms with Crippen LogP contribution in [0.2, 0.25) is 0 Å². The van der Waals surface area contributed by atoms with Crippen LogP contribution in [0.5, 0.6) is 23.0 Å². The second-order valence-corrected chi connectivity index (χ2v) is 12.2. The molecular weight excluding hydrogens is 530 g/mol. The fourth-order valence-corrected chi connectivity index (χ4v) is 5.58. The minimum absolute atomic E-state index is 0.0140. The van der Waals surface area contributed by atoms with E-state index in [4.69, 9.17) is 19.3 Å². The highest BCUT2D eigenvalue weighted by Crippen LogP contribution is 2.48. The molecule has 7 nitrogen and oxygen atoms in total. The van der Waals surface area contributed by atoms with Crippen LogP contribution in [-0.4, -0.2) is 38.1 Å². The van der Waals surface area contributed by atoms with E-state index in [-0.39, 0.29) is 42.1 Å². The first-order valence-electron chi connectivity index (χ1n) is 12.7. The number of carbonyl (C=O) groups is 1. The maximum atomic E-state index is 14.9. The largest absolute Gasteiger partial charge is 0.490 e. The van der Waals surface area contributed by atoms with Crippen molar-refractivity contribution < 1.29 is 41.3 Å². The monoisotopic (exact) mass is 558 g/mol. The predicted molar refractivity (Wildman–Crippen MR) is 139 cm³/mol. The second-order valence-electron chi connectivity index (χ2n) is 9.97. The van der Waals surface area contributed by atoms with Gasteiger partial charge >= 0.3 is 5.97 Å². The van der Waals surface area contributed by atoms with E-state index in [2.05, 4.69) is 0 Å². The van der Waals surface area contributed by atoms with Gasteiger partial charge in [-0.3, -0.25) is 4.79 Å². The van der Waals surface area contributed by atoms with Crippen LogP contribution in [0.15, 0.2) is 54.6 Å². The number of ether oxygens (including phenoxy) is 3. The number of rotatable bonds is 11. The Labute approximate surface area is 225 Å². The van der Waals surface area contributed by atoms with Gasteiger partial charge in [-0.15, -0.1) is 0 Å². The molecule has 2 aliphatic rings. The Hall–Kier alpha value is -3.66. The first kappa shape index (κ1) is 26.9. The van der Waals surface area contributed by atoms with Crippen molar-refractivity contribution in [1.29, 1.82) is 0 Å². The van der Waals surface area contributed by atoms with E-state index in [1.807, 2.05) is 12.1 Å². The van der Waals surface area contributed by atoms with Crippen LogP contribution in [-0.2, 0) is 21.1 Å². The number of aliphatic carboxylic acids is 1. The van der Waals surface area contributed by atoms with Crippen LogP contribution in [0.25, 0.3) is 0 Å². The number of fused-ring (bicyclic) bond motifs is 1. The maximum Gasteiger partial charge on any atom is 0.307 e. The quantitative estimate of drug-likeness (QED) is 0.296. The minimum atomic E-state index is -3.11. The molecule has 1 N–H and O–H groups in total. The molecule has 3 aromatic carbocycles. The maximum absolute atomic E-state index is 14.9. The van der Waals surface area contributed by atoms with Crippen molar-refractivity contribution >= 4 is 15.8 Å². The van der Waals surface area contributed by atoms with E-state index in [1.54, 1.807) is 12.1 Å². The van der Waals surface area contributed by atoms with Crippen molar-refractivity contribution in [2.24, 2.45) is 5.92 Å². The van der Waals surface area contributed by atoms with E-state index in [0.29, 0.717) is 41.9 Å². The molecule has 3 atom stereocenters. The molecule has 0 spiro atoms. The molecule has 0 radical (unpaired) electrons. The van der Waals surface area contributed by atoms with E-state index in [1.165, 1.54) is 30.3 Å². The Balaban J connectivity index is 1.24. The molecule has 0 aromatic heterocycles. The average Bonchev–Trinajstić information content (AvgIpc) is 3.58. The molecule has 2 aliphatic carbocycles. The summed E-state index contributed by atoms with van der Waals surface area (Å²) in [5.41, 5.74) is 2.00. The van der Waals surface area contributed by atoms with Gasteiger partial charge in [0.25, 0.3) is 0 Å². The molecular formula is C29H28F2O7S. The van der Waals surface area contributed by atoms with Crippen molar-refractivity contribution in [3.63, 3.8) is 0 Å². The molecule has 1 fully saturated rings. The zero-order valence-electron chi connectivity index (χ0n) is 21.2. The van der Waals surface area contributed by atoms with Gasteiger partial charge in [-0.2, -0.15) is 0 Å². The van der Waals surface area contributed by atoms with Gasteiger partial charge in [0.15, 0.2) is 11.6 Å². The SMILES string of the molecule is CS(=O)(=O)CCCOc1ccc(Oc2ccc(F)c3c2CCC3Oc2ccc(C3CC3C(=O)O)cc2)cc1F. The standard InChI is InChI=1S/C29H28F2O7S/c1-39(34,35)14-2-13-36-26-10-7-19(15-24(26)31)38-25-12-9-23(30)28-20(25)8-11-27(28)37-18-5-3-17(4-6-18)21-16-22(21)29(32)33/h3-7,9-10,12,15,21-22,27H,2,8,11,13-14,16H2,1H3,(H,32,33). The predicted octanol–water partition coefficient (Wildman–Crippen LogP) is 5.83. The molecule has 3 aromatic rings. The number of benzene rings is 3. The molecule has 0 bridgehead atoms. The van der Waals surface area contributed by atoms with Gasteiger partial charge in [0.05, 0.1) is 18.3 Å². The van der Waals surface area contributed by atoms with Crippen LogP contribution in [0.3, 0.4) is 0 Å². The third-order valence-corrected chi connectivity index (χ3v) is 8.01. The molecule has 0 amide bonds. The third kappa shape index (κ3) is 6.33. The fourth-order valence-electron chi connectivity index (χ4n) is 4.94. The first-order chi connectivity index (χ1) is 18.6. The topological polar surface area (TPSA) is 99.1 Å². The molecule has 0 heterocycles. The summed E-state index contributed by atoms with van der Waals surface area (Å²) < 4.78 is 69.2. The van der Waals surface area contributed by atoms with Gasteiger partial charge in [-0.1, -0.05) is 12.1 Å². The third-order valence-electron chi connectivity index (χ3n) is 6.98. The molecule has 3 unspecified atom stereocenters. The summed E-state index contributed by atoms with van der Waals surface area (Å²) in [6.07, 6.45) is 2.53. The Kier molecular flexibility index (Phi) is 7.48. The highest BCUT2D eigenvalue weighted by molar-refractivity contribution is 7.90. The molecule has 39 heavy (non-hydrogen) atoms. The first-order valence-corrected chi connectivity index (χ1v) is 14.7. The highest BCUT2D eigenvalue weighted by Gasteiger charge is 2.44. The van der Waals surface area contributed by atoms with E-state index in [0.717, 1.165) is 11.8 Å². The molecule has 0 aliphatic heterocycles. The minimum Gasteiger partial charge on any atom is -0.490 e. The lowest BCUT2D eigenvalue weighted by Gasteiger charge is -2.17. The summed E-state index contributed by atoms with van der Waals surface area (Å²) in [6, 6.07) is 14.2. The van der Waals surface area contributed by atoms with Crippen LogP contribution >= 0.6 is 0 Å². The van der Waals surface area contributed by atoms with Crippen molar-refractivity contribution in [2.45, 2.75) is 37.7 Å². The fraction of sp³-hybridized carbons (Fsp3) is 0.345. The Morgan fingerprint density at radius 2 is 1.72 bits per heavy atom. The summed E-state index contributed by atoms with van der Waals surface area (Å²) in [7, 11) is -3.11. The van der Waals surface area contributed by atoms with E-state index >= 15 is 0 Å². The molecule has 206 valence electrons.